The first-order valence-electron chi connectivity index (χ1n) is 7.82. The standard InChI is InChI=1S/C18H19F2N3O2/c1-3-23(4-2)14-7-5-12(17(24)10-14)11-21-22-18(25)15-9-13(19)6-8-16(15)20/h5-11,24H,3-4H2,1-2H3,(H,22,25). The molecule has 0 spiro atoms. The highest BCUT2D eigenvalue weighted by Crippen LogP contribution is 2.23. The molecule has 0 aliphatic carbocycles. The van der Waals surface area contributed by atoms with Gasteiger partial charge in [-0.15, -0.1) is 0 Å². The Morgan fingerprint density at radius 1 is 1.20 bits per heavy atom. The molecule has 2 aromatic rings. The van der Waals surface area contributed by atoms with Crippen molar-refractivity contribution in [2.75, 3.05) is 18.0 Å². The summed E-state index contributed by atoms with van der Waals surface area (Å²) in [4.78, 5) is 13.9. The molecular formula is C18H19F2N3O2. The van der Waals surface area contributed by atoms with E-state index in [1.165, 1.54) is 6.21 Å². The molecule has 0 unspecified atom stereocenters. The van der Waals surface area contributed by atoms with Gasteiger partial charge in [-0.25, -0.2) is 14.2 Å². The van der Waals surface area contributed by atoms with E-state index in [4.69, 9.17) is 0 Å². The van der Waals surface area contributed by atoms with Gasteiger partial charge >= 0.3 is 0 Å². The van der Waals surface area contributed by atoms with Crippen molar-refractivity contribution in [1.29, 1.82) is 0 Å². The summed E-state index contributed by atoms with van der Waals surface area (Å²) in [6.07, 6.45) is 1.23. The number of nitrogens with one attached hydrogen (secondary N) is 1. The van der Waals surface area contributed by atoms with Crippen LogP contribution in [0, 0.1) is 11.6 Å². The molecule has 0 aromatic heterocycles. The van der Waals surface area contributed by atoms with Crippen LogP contribution in [0.4, 0.5) is 14.5 Å². The molecule has 0 atom stereocenters. The molecule has 7 heteroatoms. The number of anilines is 1. The lowest BCUT2D eigenvalue weighted by molar-refractivity contribution is 0.0950. The molecular weight excluding hydrogens is 328 g/mol. The molecule has 0 saturated carbocycles. The van der Waals surface area contributed by atoms with Gasteiger partial charge in [0.1, 0.15) is 17.4 Å². The quantitative estimate of drug-likeness (QED) is 0.623. The highest BCUT2D eigenvalue weighted by molar-refractivity contribution is 5.95. The number of hydrogen-bond acceptors (Lipinski definition) is 4. The molecule has 5 nitrogen and oxygen atoms in total. The molecule has 0 aliphatic rings. The minimum Gasteiger partial charge on any atom is -0.507 e. The van der Waals surface area contributed by atoms with E-state index in [2.05, 4.69) is 15.4 Å². The summed E-state index contributed by atoms with van der Waals surface area (Å²) in [6, 6.07) is 7.65. The first-order chi connectivity index (χ1) is 12.0. The van der Waals surface area contributed by atoms with Crippen LogP contribution in [0.15, 0.2) is 41.5 Å². The Kier molecular flexibility index (Phi) is 6.05. The van der Waals surface area contributed by atoms with Crippen LogP contribution in [-0.4, -0.2) is 30.3 Å². The molecule has 2 N–H and O–H groups in total. The van der Waals surface area contributed by atoms with E-state index in [0.29, 0.717) is 5.56 Å². The number of phenols is 1. The topological polar surface area (TPSA) is 64.9 Å². The van der Waals surface area contributed by atoms with Crippen LogP contribution < -0.4 is 10.3 Å². The molecule has 2 rings (SSSR count). The van der Waals surface area contributed by atoms with Crippen molar-refractivity contribution in [1.82, 2.24) is 5.43 Å². The lowest BCUT2D eigenvalue weighted by atomic mass is 10.2. The van der Waals surface area contributed by atoms with Crippen LogP contribution >= 0.6 is 0 Å². The van der Waals surface area contributed by atoms with E-state index < -0.39 is 23.1 Å². The van der Waals surface area contributed by atoms with Crippen LogP contribution in [0.1, 0.15) is 29.8 Å². The van der Waals surface area contributed by atoms with Crippen LogP contribution in [0.2, 0.25) is 0 Å². The highest BCUT2D eigenvalue weighted by Gasteiger charge is 2.12. The third-order valence-corrected chi connectivity index (χ3v) is 3.69. The minimum absolute atomic E-state index is 0.000616. The Morgan fingerprint density at radius 2 is 1.92 bits per heavy atom. The van der Waals surface area contributed by atoms with Gasteiger partial charge in [0, 0.05) is 30.4 Å². The molecule has 0 heterocycles. The number of benzene rings is 2. The summed E-state index contributed by atoms with van der Waals surface area (Å²) in [5.74, 6) is -2.45. The van der Waals surface area contributed by atoms with E-state index in [1.54, 1.807) is 12.1 Å². The average Bonchev–Trinajstić information content (AvgIpc) is 2.59. The van der Waals surface area contributed by atoms with E-state index >= 15 is 0 Å². The van der Waals surface area contributed by atoms with Crippen molar-refractivity contribution in [3.05, 3.63) is 59.2 Å². The van der Waals surface area contributed by atoms with Crippen LogP contribution in [0.25, 0.3) is 0 Å². The Balaban J connectivity index is 2.09. The van der Waals surface area contributed by atoms with Gasteiger partial charge in [-0.2, -0.15) is 5.10 Å². The van der Waals surface area contributed by atoms with Gasteiger partial charge in [0.2, 0.25) is 0 Å². The Hall–Kier alpha value is -2.96. The van der Waals surface area contributed by atoms with E-state index in [-0.39, 0.29) is 5.75 Å². The van der Waals surface area contributed by atoms with Gasteiger partial charge in [-0.05, 0) is 44.2 Å². The second kappa shape index (κ2) is 8.23. The summed E-state index contributed by atoms with van der Waals surface area (Å²) >= 11 is 0. The van der Waals surface area contributed by atoms with Gasteiger partial charge in [-0.1, -0.05) is 0 Å². The fourth-order valence-corrected chi connectivity index (χ4v) is 2.32. The third-order valence-electron chi connectivity index (χ3n) is 3.69. The number of hydrazone groups is 1. The number of amides is 1. The SMILES string of the molecule is CCN(CC)c1ccc(C=NNC(=O)c2cc(F)ccc2F)c(O)c1. The Bertz CT molecular complexity index is 790. The predicted molar refractivity (Wildman–Crippen MR) is 93.1 cm³/mol. The maximum absolute atomic E-state index is 13.5. The van der Waals surface area contributed by atoms with Crippen molar-refractivity contribution in [3.8, 4) is 5.75 Å². The molecule has 0 bridgehead atoms. The molecule has 132 valence electrons. The Morgan fingerprint density at radius 3 is 2.56 bits per heavy atom. The van der Waals surface area contributed by atoms with Crippen molar-refractivity contribution in [2.45, 2.75) is 13.8 Å². The zero-order valence-corrected chi connectivity index (χ0v) is 14.0. The average molecular weight is 347 g/mol. The minimum atomic E-state index is -0.882. The normalized spacial score (nSPS) is 10.9. The number of carbonyl (C=O) groups is 1. The van der Waals surface area contributed by atoms with Gasteiger partial charge in [0.25, 0.3) is 5.91 Å². The van der Waals surface area contributed by atoms with Gasteiger partial charge in [-0.3, -0.25) is 4.79 Å². The van der Waals surface area contributed by atoms with Gasteiger partial charge in [0.15, 0.2) is 0 Å². The second-order valence-corrected chi connectivity index (χ2v) is 5.24. The summed E-state index contributed by atoms with van der Waals surface area (Å²) in [5.41, 5.74) is 2.91. The first-order valence-corrected chi connectivity index (χ1v) is 7.82. The molecule has 1 amide bonds. The second-order valence-electron chi connectivity index (χ2n) is 5.24. The molecule has 25 heavy (non-hydrogen) atoms. The maximum Gasteiger partial charge on any atom is 0.274 e. The smallest absolute Gasteiger partial charge is 0.274 e. The Labute approximate surface area is 144 Å². The van der Waals surface area contributed by atoms with Crippen LogP contribution in [0.3, 0.4) is 0 Å². The molecule has 0 saturated heterocycles. The van der Waals surface area contributed by atoms with Gasteiger partial charge in [0.05, 0.1) is 11.8 Å². The zero-order valence-electron chi connectivity index (χ0n) is 14.0. The van der Waals surface area contributed by atoms with Crippen molar-refractivity contribution < 1.29 is 18.7 Å². The van der Waals surface area contributed by atoms with Crippen molar-refractivity contribution >= 4 is 17.8 Å². The van der Waals surface area contributed by atoms with E-state index in [1.807, 2.05) is 19.9 Å². The lowest BCUT2D eigenvalue weighted by Crippen LogP contribution is -2.21. The third kappa shape index (κ3) is 4.53. The predicted octanol–water partition coefficient (Wildman–Crippen LogP) is 3.28. The summed E-state index contributed by atoms with van der Waals surface area (Å²) in [6.45, 7) is 5.63. The van der Waals surface area contributed by atoms with Crippen molar-refractivity contribution in [3.63, 3.8) is 0 Å². The number of hydrogen-bond donors (Lipinski definition) is 2. The number of aromatic hydroxyl groups is 1. The first kappa shape index (κ1) is 18.4. The number of rotatable bonds is 6. The summed E-state index contributed by atoms with van der Waals surface area (Å²) in [5, 5.41) is 13.7. The highest BCUT2D eigenvalue weighted by atomic mass is 19.1. The van der Waals surface area contributed by atoms with Crippen molar-refractivity contribution in [2.24, 2.45) is 5.10 Å². The summed E-state index contributed by atoms with van der Waals surface area (Å²) < 4.78 is 26.6. The fourth-order valence-electron chi connectivity index (χ4n) is 2.32. The van der Waals surface area contributed by atoms with Crippen LogP contribution in [0.5, 0.6) is 5.75 Å². The molecule has 0 radical (unpaired) electrons. The molecule has 0 aliphatic heterocycles. The number of halogens is 2. The van der Waals surface area contributed by atoms with Crippen LogP contribution in [-0.2, 0) is 0 Å². The van der Waals surface area contributed by atoms with E-state index in [0.717, 1.165) is 37.0 Å². The number of carbonyl (C=O) groups excluding carboxylic acids is 1. The van der Waals surface area contributed by atoms with Gasteiger partial charge < -0.3 is 10.0 Å². The number of phenolic OH excluding ortho intramolecular Hbond substituents is 1. The number of nitrogens with zero attached hydrogens (tertiary/aromatic N) is 2. The molecule has 2 aromatic carbocycles. The fraction of sp³-hybridized carbons (Fsp3) is 0.222. The lowest BCUT2D eigenvalue weighted by Gasteiger charge is -2.21. The largest absolute Gasteiger partial charge is 0.507 e. The monoisotopic (exact) mass is 347 g/mol. The summed E-state index contributed by atoms with van der Waals surface area (Å²) in [7, 11) is 0. The van der Waals surface area contributed by atoms with E-state index in [9.17, 15) is 18.7 Å². The molecule has 0 fully saturated rings. The zero-order chi connectivity index (χ0) is 18.4. The maximum atomic E-state index is 13.5.